The number of carbonyl (C=O) groups excluding carboxylic acids is 6. The third-order valence-corrected chi connectivity index (χ3v) is 13.4. The minimum atomic E-state index is -1.07. The van der Waals surface area contributed by atoms with E-state index in [1.165, 1.54) is 11.1 Å². The molecular weight excluding hydrogens is 837 g/mol. The fourth-order valence-corrected chi connectivity index (χ4v) is 9.48. The van der Waals surface area contributed by atoms with Crippen LogP contribution in [0.3, 0.4) is 0 Å². The van der Waals surface area contributed by atoms with Crippen LogP contribution in [-0.4, -0.2) is 108 Å². The molecule has 0 spiro atoms. The molecule has 0 unspecified atom stereocenters. The first-order valence-electron chi connectivity index (χ1n) is 23.0. The van der Waals surface area contributed by atoms with Crippen molar-refractivity contribution in [1.82, 2.24) is 41.0 Å². The van der Waals surface area contributed by atoms with Gasteiger partial charge in [0.2, 0.25) is 0 Å². The van der Waals surface area contributed by atoms with E-state index in [-0.39, 0.29) is 23.6 Å². The number of amides is 8. The Balaban J connectivity index is 0.000000196. The van der Waals surface area contributed by atoms with Crippen molar-refractivity contribution in [1.29, 1.82) is 0 Å². The van der Waals surface area contributed by atoms with Crippen molar-refractivity contribution < 1.29 is 28.8 Å². The molecule has 348 valence electrons. The molecule has 0 saturated carbocycles. The molecule has 4 saturated heterocycles. The highest BCUT2D eigenvalue weighted by Gasteiger charge is 2.48. The van der Waals surface area contributed by atoms with Gasteiger partial charge < -0.3 is 30.2 Å². The van der Waals surface area contributed by atoms with E-state index < -0.39 is 23.1 Å². The lowest BCUT2D eigenvalue weighted by atomic mass is 9.85. The zero-order valence-electron chi connectivity index (χ0n) is 39.4. The Hall–Kier alpha value is -6.84. The molecule has 2 aromatic heterocycles. The van der Waals surface area contributed by atoms with Crippen LogP contribution in [0.1, 0.15) is 105 Å². The highest BCUT2D eigenvalue weighted by Crippen LogP contribution is 2.32. The number of hydrogen-bond acceptors (Lipinski definition) is 10. The summed E-state index contributed by atoms with van der Waals surface area (Å²) in [5.41, 5.74) is 7.10. The van der Waals surface area contributed by atoms with Gasteiger partial charge in [0, 0.05) is 74.9 Å². The van der Waals surface area contributed by atoms with Crippen LogP contribution >= 0.6 is 0 Å². The second-order valence-corrected chi connectivity index (χ2v) is 17.9. The Morgan fingerprint density at radius 1 is 0.515 bits per heavy atom. The smallest absolute Gasteiger partial charge is 0.322 e. The molecule has 0 bridgehead atoms. The number of nitrogens with zero attached hydrogens (tertiary/aromatic N) is 6. The van der Waals surface area contributed by atoms with Crippen molar-refractivity contribution in [3.05, 3.63) is 117 Å². The molecule has 8 rings (SSSR count). The molecule has 0 aliphatic carbocycles. The predicted molar refractivity (Wildman–Crippen MR) is 253 cm³/mol. The number of hydrogen-bond donors (Lipinski definition) is 4. The van der Waals surface area contributed by atoms with E-state index in [9.17, 15) is 28.8 Å². The molecule has 0 radical (unpaired) electrons. The third kappa shape index (κ3) is 9.31. The summed E-state index contributed by atoms with van der Waals surface area (Å²) < 4.78 is 0. The SMILES string of the molecule is CCC[C@@]1(c2ccc(C(=O)N3CCN(c4nc(C)c(C)cc4C)CC3)cc2)NC(=O)NC1=O.CCC[C@]1(c2ccc(C(=O)N3CCN(c4nc(C)c(C)cc4C)CC3)cc2)NC(=O)NC1=O. The van der Waals surface area contributed by atoms with Crippen LogP contribution in [0, 0.1) is 41.5 Å². The fraction of sp³-hybridized carbons (Fsp3) is 0.440. The largest absolute Gasteiger partial charge is 0.353 e. The van der Waals surface area contributed by atoms with E-state index in [1.807, 2.05) is 37.5 Å². The number of rotatable bonds is 10. The molecule has 66 heavy (non-hydrogen) atoms. The summed E-state index contributed by atoms with van der Waals surface area (Å²) >= 11 is 0. The molecule has 2 atom stereocenters. The average molecular weight is 899 g/mol. The first-order valence-corrected chi connectivity index (χ1v) is 23.0. The molecule has 6 heterocycles. The van der Waals surface area contributed by atoms with Gasteiger partial charge >= 0.3 is 12.1 Å². The number of urea groups is 2. The van der Waals surface area contributed by atoms with Gasteiger partial charge in [0.1, 0.15) is 22.7 Å². The standard InChI is InChI=1S/2C25H31N5O3/c2*1-5-10-25(23(32)27-24(33)28-25)20-8-6-19(7-9-20)22(31)30-13-11-29(12-14-30)21-17(3)15-16(2)18(4)26-21/h2*6-9,15H,5,10-14H2,1-4H3,(H2,27,28,32,33)/t2*25-/m10/s1. The normalized spacial score (nSPS) is 20.6. The van der Waals surface area contributed by atoms with Crippen molar-refractivity contribution >= 4 is 47.3 Å². The maximum atomic E-state index is 13.1. The summed E-state index contributed by atoms with van der Waals surface area (Å²) in [5, 5.41) is 10.2. The van der Waals surface area contributed by atoms with Crippen LogP contribution in [0.4, 0.5) is 21.2 Å². The van der Waals surface area contributed by atoms with Gasteiger partial charge in [0.05, 0.1) is 0 Å². The molecule has 4 aromatic rings. The van der Waals surface area contributed by atoms with Crippen LogP contribution in [-0.2, 0) is 20.7 Å². The third-order valence-electron chi connectivity index (χ3n) is 13.4. The van der Waals surface area contributed by atoms with Gasteiger partial charge in [0.15, 0.2) is 0 Å². The van der Waals surface area contributed by atoms with Crippen molar-refractivity contribution in [2.75, 3.05) is 62.2 Å². The van der Waals surface area contributed by atoms with Gasteiger partial charge in [-0.15, -0.1) is 0 Å². The summed E-state index contributed by atoms with van der Waals surface area (Å²) in [6.07, 6.45) is 2.44. The van der Waals surface area contributed by atoms with E-state index in [1.54, 1.807) is 48.5 Å². The van der Waals surface area contributed by atoms with E-state index in [4.69, 9.17) is 9.97 Å². The maximum absolute atomic E-state index is 13.1. The lowest BCUT2D eigenvalue weighted by molar-refractivity contribution is -0.125. The average Bonchev–Trinajstić information content (AvgIpc) is 3.77. The van der Waals surface area contributed by atoms with E-state index in [2.05, 4.69) is 70.9 Å². The fourth-order valence-electron chi connectivity index (χ4n) is 9.48. The summed E-state index contributed by atoms with van der Waals surface area (Å²) in [6, 6.07) is 17.4. The lowest BCUT2D eigenvalue weighted by Crippen LogP contribution is -2.49. The second kappa shape index (κ2) is 19.3. The van der Waals surface area contributed by atoms with Gasteiger partial charge in [-0.3, -0.25) is 29.8 Å². The number of nitrogens with one attached hydrogen (secondary N) is 4. The Labute approximate surface area is 386 Å². The van der Waals surface area contributed by atoms with Crippen molar-refractivity contribution in [3.8, 4) is 0 Å². The number of imide groups is 2. The molecule has 4 aliphatic rings. The zero-order valence-corrected chi connectivity index (χ0v) is 39.4. The lowest BCUT2D eigenvalue weighted by Gasteiger charge is -2.36. The highest BCUT2D eigenvalue weighted by atomic mass is 16.2. The van der Waals surface area contributed by atoms with Gasteiger partial charge in [0.25, 0.3) is 23.6 Å². The molecular formula is C50H62N10O6. The molecule has 4 aliphatic heterocycles. The molecule has 16 heteroatoms. The van der Waals surface area contributed by atoms with Crippen LogP contribution in [0.25, 0.3) is 0 Å². The van der Waals surface area contributed by atoms with Crippen molar-refractivity contribution in [2.45, 2.75) is 92.2 Å². The summed E-state index contributed by atoms with van der Waals surface area (Å²) in [4.78, 5) is 92.5. The monoisotopic (exact) mass is 898 g/mol. The van der Waals surface area contributed by atoms with Crippen LogP contribution in [0.2, 0.25) is 0 Å². The van der Waals surface area contributed by atoms with Gasteiger partial charge in [-0.05, 0) is 112 Å². The van der Waals surface area contributed by atoms with Crippen LogP contribution < -0.4 is 31.1 Å². The van der Waals surface area contributed by atoms with E-state index in [0.29, 0.717) is 61.3 Å². The van der Waals surface area contributed by atoms with Crippen LogP contribution in [0.5, 0.6) is 0 Å². The first-order chi connectivity index (χ1) is 31.5. The summed E-state index contributed by atoms with van der Waals surface area (Å²) in [6.45, 7) is 21.6. The molecule has 16 nitrogen and oxygen atoms in total. The second-order valence-electron chi connectivity index (χ2n) is 17.9. The van der Waals surface area contributed by atoms with Crippen LogP contribution in [0.15, 0.2) is 60.7 Å². The predicted octanol–water partition coefficient (Wildman–Crippen LogP) is 5.61. The Morgan fingerprint density at radius 3 is 1.14 bits per heavy atom. The number of pyridine rings is 2. The van der Waals surface area contributed by atoms with E-state index in [0.717, 1.165) is 73.2 Å². The van der Waals surface area contributed by atoms with Gasteiger partial charge in [-0.1, -0.05) is 63.1 Å². The number of piperazine rings is 2. The van der Waals surface area contributed by atoms with Gasteiger partial charge in [-0.25, -0.2) is 19.6 Å². The maximum Gasteiger partial charge on any atom is 0.322 e. The number of anilines is 2. The molecule has 2 aromatic carbocycles. The van der Waals surface area contributed by atoms with Crippen molar-refractivity contribution in [3.63, 3.8) is 0 Å². The van der Waals surface area contributed by atoms with Crippen molar-refractivity contribution in [2.24, 2.45) is 0 Å². The number of aryl methyl sites for hydroxylation is 6. The quantitative estimate of drug-likeness (QED) is 0.146. The zero-order chi connectivity index (χ0) is 47.5. The van der Waals surface area contributed by atoms with E-state index >= 15 is 0 Å². The first kappa shape index (κ1) is 47.1. The molecule has 8 amide bonds. The summed E-state index contributed by atoms with van der Waals surface area (Å²) in [5.74, 6) is 1.23. The number of benzene rings is 2. The highest BCUT2D eigenvalue weighted by molar-refractivity contribution is 6.08. The minimum Gasteiger partial charge on any atom is -0.353 e. The number of carbonyl (C=O) groups is 6. The Kier molecular flexibility index (Phi) is 13.8. The minimum absolute atomic E-state index is 0.0320. The Morgan fingerprint density at radius 2 is 0.848 bits per heavy atom. The number of aromatic nitrogens is 2. The topological polar surface area (TPSA) is 189 Å². The molecule has 4 N–H and O–H groups in total. The van der Waals surface area contributed by atoms with Gasteiger partial charge in [-0.2, -0.15) is 0 Å². The summed E-state index contributed by atoms with van der Waals surface area (Å²) in [7, 11) is 0. The Bertz CT molecular complexity index is 2350. The molecule has 4 fully saturated rings.